The highest BCUT2D eigenvalue weighted by Gasteiger charge is 2.19. The molecule has 0 radical (unpaired) electrons. The Balaban J connectivity index is 2.26. The average Bonchev–Trinajstić information content (AvgIpc) is 2.59. The van der Waals surface area contributed by atoms with Crippen LogP contribution < -0.4 is 14.2 Å². The van der Waals surface area contributed by atoms with Crippen molar-refractivity contribution in [3.63, 3.8) is 0 Å². The molecule has 1 aromatic rings. The van der Waals surface area contributed by atoms with Crippen LogP contribution >= 0.6 is 0 Å². The highest BCUT2D eigenvalue weighted by atomic mass is 16.5. The van der Waals surface area contributed by atoms with Crippen LogP contribution in [-0.4, -0.2) is 44.6 Å². The molecule has 1 aliphatic heterocycles. The van der Waals surface area contributed by atoms with E-state index in [9.17, 15) is 9.59 Å². The number of carbonyl (C=O) groups is 2. The molecule has 6 heteroatoms. The molecule has 0 unspecified atom stereocenters. The molecule has 0 fully saturated rings. The Kier molecular flexibility index (Phi) is 5.41. The van der Waals surface area contributed by atoms with E-state index in [1.807, 2.05) is 0 Å². The summed E-state index contributed by atoms with van der Waals surface area (Å²) in [5, 5.41) is 0. The third-order valence-corrected chi connectivity index (χ3v) is 3.45. The largest absolute Gasteiger partial charge is 0.496 e. The molecule has 0 spiro atoms. The van der Waals surface area contributed by atoms with Crippen LogP contribution in [0.3, 0.4) is 0 Å². The number of imide groups is 1. The number of rotatable bonds is 5. The van der Waals surface area contributed by atoms with Gasteiger partial charge in [0.1, 0.15) is 5.75 Å². The van der Waals surface area contributed by atoms with E-state index in [1.165, 1.54) is 38.4 Å². The van der Waals surface area contributed by atoms with Crippen LogP contribution in [0.1, 0.15) is 12.0 Å². The molecule has 1 aliphatic rings. The van der Waals surface area contributed by atoms with Crippen LogP contribution in [0.15, 0.2) is 30.4 Å². The number of hydrogen-bond donors (Lipinski definition) is 0. The standard InChI is InChI=1S/C17H19NO5/c1-21-13-11-15(23-3)14(22-2)10-12(13)7-8-17(20)18-9-5-4-6-16(18)19/h4,6-8,10-11H,5,9H2,1-3H3/b8-7+. The van der Waals surface area contributed by atoms with Crippen molar-refractivity contribution in [1.29, 1.82) is 0 Å². The molecule has 0 N–H and O–H groups in total. The molecule has 0 aliphatic carbocycles. The Morgan fingerprint density at radius 2 is 1.74 bits per heavy atom. The van der Waals surface area contributed by atoms with E-state index in [2.05, 4.69) is 0 Å². The lowest BCUT2D eigenvalue weighted by Gasteiger charge is -2.19. The molecule has 6 nitrogen and oxygen atoms in total. The Bertz CT molecular complexity index is 663. The van der Waals surface area contributed by atoms with Crippen molar-refractivity contribution in [2.24, 2.45) is 0 Å². The maximum absolute atomic E-state index is 12.1. The highest BCUT2D eigenvalue weighted by molar-refractivity contribution is 6.07. The minimum atomic E-state index is -0.365. The van der Waals surface area contributed by atoms with Crippen molar-refractivity contribution >= 4 is 17.9 Å². The van der Waals surface area contributed by atoms with E-state index in [0.29, 0.717) is 35.8 Å². The third-order valence-electron chi connectivity index (χ3n) is 3.45. The van der Waals surface area contributed by atoms with Gasteiger partial charge in [-0.25, -0.2) is 0 Å². The summed E-state index contributed by atoms with van der Waals surface area (Å²) >= 11 is 0. The predicted octanol–water partition coefficient (Wildman–Crippen LogP) is 2.04. The molecule has 0 saturated heterocycles. The van der Waals surface area contributed by atoms with E-state index < -0.39 is 0 Å². The fourth-order valence-corrected chi connectivity index (χ4v) is 2.24. The summed E-state index contributed by atoms with van der Waals surface area (Å²) in [4.78, 5) is 25.0. The number of benzene rings is 1. The topological polar surface area (TPSA) is 65.1 Å². The van der Waals surface area contributed by atoms with Gasteiger partial charge in [-0.05, 0) is 24.6 Å². The summed E-state index contributed by atoms with van der Waals surface area (Å²) in [5.74, 6) is 0.930. The van der Waals surface area contributed by atoms with Gasteiger partial charge in [0.15, 0.2) is 11.5 Å². The highest BCUT2D eigenvalue weighted by Crippen LogP contribution is 2.35. The second kappa shape index (κ2) is 7.49. The van der Waals surface area contributed by atoms with Crippen molar-refractivity contribution in [2.75, 3.05) is 27.9 Å². The van der Waals surface area contributed by atoms with Gasteiger partial charge in [0.05, 0.1) is 21.3 Å². The lowest BCUT2D eigenvalue weighted by atomic mass is 10.1. The molecule has 2 rings (SSSR count). The van der Waals surface area contributed by atoms with E-state index in [0.717, 1.165) is 0 Å². The molecule has 23 heavy (non-hydrogen) atoms. The lowest BCUT2D eigenvalue weighted by molar-refractivity contribution is -0.139. The summed E-state index contributed by atoms with van der Waals surface area (Å²) in [6.45, 7) is 0.390. The summed E-state index contributed by atoms with van der Waals surface area (Å²) in [5.41, 5.74) is 0.651. The number of methoxy groups -OCH3 is 3. The minimum absolute atomic E-state index is 0.301. The van der Waals surface area contributed by atoms with E-state index >= 15 is 0 Å². The second-order valence-electron chi connectivity index (χ2n) is 4.80. The maximum Gasteiger partial charge on any atom is 0.253 e. The van der Waals surface area contributed by atoms with E-state index in [-0.39, 0.29) is 11.8 Å². The van der Waals surface area contributed by atoms with Gasteiger partial charge in [-0.15, -0.1) is 0 Å². The smallest absolute Gasteiger partial charge is 0.253 e. The third kappa shape index (κ3) is 3.71. The lowest BCUT2D eigenvalue weighted by Crippen LogP contribution is -2.37. The van der Waals surface area contributed by atoms with Crippen LogP contribution in [0.25, 0.3) is 6.08 Å². The number of nitrogens with zero attached hydrogens (tertiary/aromatic N) is 1. The van der Waals surface area contributed by atoms with Gasteiger partial charge >= 0.3 is 0 Å². The van der Waals surface area contributed by atoms with Crippen molar-refractivity contribution < 1.29 is 23.8 Å². The van der Waals surface area contributed by atoms with Crippen LogP contribution in [0.4, 0.5) is 0 Å². The van der Waals surface area contributed by atoms with Gasteiger partial charge < -0.3 is 14.2 Å². The van der Waals surface area contributed by atoms with E-state index in [4.69, 9.17) is 14.2 Å². The zero-order valence-electron chi connectivity index (χ0n) is 13.4. The number of carbonyl (C=O) groups excluding carboxylic acids is 2. The van der Waals surface area contributed by atoms with Crippen molar-refractivity contribution in [2.45, 2.75) is 6.42 Å². The van der Waals surface area contributed by atoms with Gasteiger partial charge in [0.2, 0.25) is 0 Å². The first kappa shape index (κ1) is 16.6. The molecule has 0 aromatic heterocycles. The molecule has 2 amide bonds. The Morgan fingerprint density at radius 3 is 2.35 bits per heavy atom. The SMILES string of the molecule is COc1cc(OC)c(OC)cc1/C=C/C(=O)N1CCC=CC1=O. The fraction of sp³-hybridized carbons (Fsp3) is 0.294. The average molecular weight is 317 g/mol. The fourth-order valence-electron chi connectivity index (χ4n) is 2.24. The van der Waals surface area contributed by atoms with Gasteiger partial charge in [-0.2, -0.15) is 0 Å². The summed E-state index contributed by atoms with van der Waals surface area (Å²) < 4.78 is 15.8. The van der Waals surface area contributed by atoms with Gasteiger partial charge in [-0.1, -0.05) is 6.08 Å². The molecule has 0 saturated carbocycles. The number of amides is 2. The predicted molar refractivity (Wildman–Crippen MR) is 85.6 cm³/mol. The van der Waals surface area contributed by atoms with E-state index in [1.54, 1.807) is 24.3 Å². The zero-order chi connectivity index (χ0) is 16.8. The van der Waals surface area contributed by atoms with Crippen LogP contribution in [0, 0.1) is 0 Å². The molecule has 1 heterocycles. The van der Waals surface area contributed by atoms with Crippen molar-refractivity contribution in [3.05, 3.63) is 35.9 Å². The molecular formula is C17H19NO5. The number of hydrogen-bond acceptors (Lipinski definition) is 5. The molecule has 1 aromatic carbocycles. The van der Waals surface area contributed by atoms with Crippen LogP contribution in [0.2, 0.25) is 0 Å². The first-order chi connectivity index (χ1) is 11.1. The van der Waals surface area contributed by atoms with Gasteiger partial charge in [0.25, 0.3) is 11.8 Å². The summed E-state index contributed by atoms with van der Waals surface area (Å²) in [6.07, 6.45) is 6.78. The maximum atomic E-state index is 12.1. The Hall–Kier alpha value is -2.76. The molecular weight excluding hydrogens is 298 g/mol. The normalized spacial score (nSPS) is 14.2. The van der Waals surface area contributed by atoms with Crippen LogP contribution in [-0.2, 0) is 9.59 Å². The van der Waals surface area contributed by atoms with Crippen molar-refractivity contribution in [3.8, 4) is 17.2 Å². The summed E-state index contributed by atoms with van der Waals surface area (Å²) in [6, 6.07) is 3.39. The van der Waals surface area contributed by atoms with Crippen molar-refractivity contribution in [1.82, 2.24) is 4.90 Å². The van der Waals surface area contributed by atoms with Gasteiger partial charge in [0, 0.05) is 24.3 Å². The molecule has 0 atom stereocenters. The quantitative estimate of drug-likeness (QED) is 0.778. The Morgan fingerprint density at radius 1 is 1.09 bits per heavy atom. The zero-order valence-corrected chi connectivity index (χ0v) is 13.4. The minimum Gasteiger partial charge on any atom is -0.496 e. The molecule has 0 bridgehead atoms. The number of ether oxygens (including phenoxy) is 3. The second-order valence-corrected chi connectivity index (χ2v) is 4.80. The first-order valence-electron chi connectivity index (χ1n) is 7.10. The Labute approximate surface area is 134 Å². The first-order valence-corrected chi connectivity index (χ1v) is 7.10. The van der Waals surface area contributed by atoms with Gasteiger partial charge in [-0.3, -0.25) is 14.5 Å². The monoisotopic (exact) mass is 317 g/mol. The van der Waals surface area contributed by atoms with Crippen LogP contribution in [0.5, 0.6) is 17.2 Å². The summed E-state index contributed by atoms with van der Waals surface area (Å²) in [7, 11) is 4.59. The molecule has 122 valence electrons.